The first-order chi connectivity index (χ1) is 9.06. The normalized spacial score (nSPS) is 10.2. The highest BCUT2D eigenvalue weighted by Gasteiger charge is 2.07. The highest BCUT2D eigenvalue weighted by Crippen LogP contribution is 2.16. The van der Waals surface area contributed by atoms with Gasteiger partial charge in [-0.15, -0.1) is 0 Å². The van der Waals surface area contributed by atoms with Crippen molar-refractivity contribution in [2.75, 3.05) is 11.9 Å². The zero-order valence-corrected chi connectivity index (χ0v) is 10.4. The molecule has 0 aliphatic carbocycles. The zero-order valence-electron chi connectivity index (χ0n) is 10.4. The molecule has 0 saturated heterocycles. The number of aromatic nitrogens is 1. The monoisotopic (exact) mass is 260 g/mol. The minimum absolute atomic E-state index is 0.00476. The predicted octanol–water partition coefficient (Wildman–Crippen LogP) is 2.56. The maximum atomic E-state index is 13.1. The van der Waals surface area contributed by atoms with Gasteiger partial charge in [-0.25, -0.2) is 14.2 Å². The number of anilines is 1. The van der Waals surface area contributed by atoms with Crippen LogP contribution < -0.4 is 4.90 Å². The fourth-order valence-electron chi connectivity index (χ4n) is 1.77. The van der Waals surface area contributed by atoms with E-state index in [2.05, 4.69) is 4.98 Å². The lowest BCUT2D eigenvalue weighted by Gasteiger charge is -2.19. The Labute approximate surface area is 110 Å². The lowest BCUT2D eigenvalue weighted by molar-refractivity contribution is 0.0690. The summed E-state index contributed by atoms with van der Waals surface area (Å²) >= 11 is 0. The molecular formula is C14H13FN2O2. The van der Waals surface area contributed by atoms with E-state index in [1.807, 2.05) is 11.9 Å². The average molecular weight is 260 g/mol. The van der Waals surface area contributed by atoms with Crippen LogP contribution in [-0.4, -0.2) is 23.1 Å². The van der Waals surface area contributed by atoms with E-state index in [1.165, 1.54) is 24.4 Å². The second-order valence-corrected chi connectivity index (χ2v) is 4.19. The van der Waals surface area contributed by atoms with Crippen molar-refractivity contribution in [1.82, 2.24) is 4.98 Å². The molecule has 0 amide bonds. The second kappa shape index (κ2) is 5.48. The molecule has 1 N–H and O–H groups in total. The summed E-state index contributed by atoms with van der Waals surface area (Å²) in [5, 5.41) is 8.87. The number of pyridine rings is 1. The Morgan fingerprint density at radius 2 is 2.16 bits per heavy atom. The molecular weight excluding hydrogens is 247 g/mol. The summed E-state index contributed by atoms with van der Waals surface area (Å²) in [6.07, 6.45) is 1.46. The van der Waals surface area contributed by atoms with Gasteiger partial charge < -0.3 is 10.0 Å². The number of rotatable bonds is 4. The van der Waals surface area contributed by atoms with Gasteiger partial charge in [0.05, 0.1) is 0 Å². The molecule has 2 aromatic rings. The second-order valence-electron chi connectivity index (χ2n) is 4.19. The number of benzene rings is 1. The van der Waals surface area contributed by atoms with Gasteiger partial charge in [0, 0.05) is 25.5 Å². The van der Waals surface area contributed by atoms with Crippen LogP contribution in [0, 0.1) is 5.82 Å². The largest absolute Gasteiger partial charge is 0.477 e. The molecule has 0 saturated carbocycles. The molecule has 1 heterocycles. The molecule has 0 unspecified atom stereocenters. The SMILES string of the molecule is CN(Cc1ccnc(C(=O)O)c1)c1cccc(F)c1. The molecule has 0 radical (unpaired) electrons. The predicted molar refractivity (Wildman–Crippen MR) is 69.7 cm³/mol. The van der Waals surface area contributed by atoms with E-state index >= 15 is 0 Å². The quantitative estimate of drug-likeness (QED) is 0.917. The molecule has 1 aromatic heterocycles. The van der Waals surface area contributed by atoms with Crippen LogP contribution in [0.1, 0.15) is 16.1 Å². The van der Waals surface area contributed by atoms with E-state index in [9.17, 15) is 9.18 Å². The fourth-order valence-corrected chi connectivity index (χ4v) is 1.77. The van der Waals surface area contributed by atoms with Gasteiger partial charge in [-0.2, -0.15) is 0 Å². The van der Waals surface area contributed by atoms with Crippen molar-refractivity contribution >= 4 is 11.7 Å². The van der Waals surface area contributed by atoms with E-state index in [-0.39, 0.29) is 11.5 Å². The van der Waals surface area contributed by atoms with Crippen molar-refractivity contribution in [1.29, 1.82) is 0 Å². The Morgan fingerprint density at radius 1 is 1.37 bits per heavy atom. The molecule has 1 aromatic carbocycles. The third-order valence-electron chi connectivity index (χ3n) is 2.71. The van der Waals surface area contributed by atoms with Crippen LogP contribution in [0.2, 0.25) is 0 Å². The molecule has 0 fully saturated rings. The summed E-state index contributed by atoms with van der Waals surface area (Å²) in [4.78, 5) is 16.4. The van der Waals surface area contributed by atoms with Crippen LogP contribution in [0.3, 0.4) is 0 Å². The van der Waals surface area contributed by atoms with E-state index in [1.54, 1.807) is 18.2 Å². The van der Waals surface area contributed by atoms with Gasteiger partial charge in [-0.1, -0.05) is 6.07 Å². The molecule has 19 heavy (non-hydrogen) atoms. The molecule has 5 heteroatoms. The minimum Gasteiger partial charge on any atom is -0.477 e. The number of halogens is 1. The van der Waals surface area contributed by atoms with Crippen LogP contribution in [0.4, 0.5) is 10.1 Å². The zero-order chi connectivity index (χ0) is 13.8. The number of nitrogens with zero attached hydrogens (tertiary/aromatic N) is 2. The Morgan fingerprint density at radius 3 is 2.84 bits per heavy atom. The highest BCUT2D eigenvalue weighted by molar-refractivity contribution is 5.85. The van der Waals surface area contributed by atoms with Crippen molar-refractivity contribution < 1.29 is 14.3 Å². The Balaban J connectivity index is 2.17. The lowest BCUT2D eigenvalue weighted by Crippen LogP contribution is -2.17. The smallest absolute Gasteiger partial charge is 0.354 e. The molecule has 0 atom stereocenters. The number of carbonyl (C=O) groups is 1. The standard InChI is InChI=1S/C14H13FN2O2/c1-17(12-4-2-3-11(15)8-12)9-10-5-6-16-13(7-10)14(18)19/h2-8H,9H2,1H3,(H,18,19). The maximum Gasteiger partial charge on any atom is 0.354 e. The van der Waals surface area contributed by atoms with E-state index in [4.69, 9.17) is 5.11 Å². The molecule has 2 rings (SSSR count). The van der Waals surface area contributed by atoms with E-state index in [0.29, 0.717) is 6.54 Å². The van der Waals surface area contributed by atoms with Crippen LogP contribution in [0.15, 0.2) is 42.6 Å². The maximum absolute atomic E-state index is 13.1. The summed E-state index contributed by atoms with van der Waals surface area (Å²) in [6, 6.07) is 9.49. The molecule has 4 nitrogen and oxygen atoms in total. The third-order valence-corrected chi connectivity index (χ3v) is 2.71. The topological polar surface area (TPSA) is 53.4 Å². The van der Waals surface area contributed by atoms with E-state index < -0.39 is 5.97 Å². The van der Waals surface area contributed by atoms with Gasteiger partial charge in [0.25, 0.3) is 0 Å². The Bertz CT molecular complexity index is 602. The summed E-state index contributed by atoms with van der Waals surface area (Å²) in [6.45, 7) is 0.478. The Kier molecular flexibility index (Phi) is 3.75. The first kappa shape index (κ1) is 13.0. The van der Waals surface area contributed by atoms with Crippen LogP contribution in [0.5, 0.6) is 0 Å². The van der Waals surface area contributed by atoms with Crippen LogP contribution >= 0.6 is 0 Å². The van der Waals surface area contributed by atoms with Crippen molar-refractivity contribution in [3.63, 3.8) is 0 Å². The number of carboxylic acids is 1. The van der Waals surface area contributed by atoms with Crippen molar-refractivity contribution in [3.8, 4) is 0 Å². The number of aromatic carboxylic acids is 1. The summed E-state index contributed by atoms with van der Waals surface area (Å²) in [5.74, 6) is -1.36. The minimum atomic E-state index is -1.06. The fraction of sp³-hybridized carbons (Fsp3) is 0.143. The number of carboxylic acid groups (broad SMARTS) is 1. The molecule has 0 aliphatic heterocycles. The molecule has 0 bridgehead atoms. The van der Waals surface area contributed by atoms with Gasteiger partial charge >= 0.3 is 5.97 Å². The van der Waals surface area contributed by atoms with Gasteiger partial charge in [-0.3, -0.25) is 0 Å². The first-order valence-corrected chi connectivity index (χ1v) is 5.71. The van der Waals surface area contributed by atoms with Gasteiger partial charge in [-0.05, 0) is 35.9 Å². The molecule has 0 spiro atoms. The van der Waals surface area contributed by atoms with Crippen molar-refractivity contribution in [2.24, 2.45) is 0 Å². The third kappa shape index (κ3) is 3.28. The van der Waals surface area contributed by atoms with Crippen molar-refractivity contribution in [2.45, 2.75) is 6.54 Å². The van der Waals surface area contributed by atoms with Gasteiger partial charge in [0.1, 0.15) is 11.5 Å². The van der Waals surface area contributed by atoms with Crippen molar-refractivity contribution in [3.05, 3.63) is 59.7 Å². The lowest BCUT2D eigenvalue weighted by atomic mass is 10.2. The number of hydrogen-bond acceptors (Lipinski definition) is 3. The molecule has 98 valence electrons. The van der Waals surface area contributed by atoms with E-state index in [0.717, 1.165) is 11.3 Å². The van der Waals surface area contributed by atoms with Gasteiger partial charge in [0.2, 0.25) is 0 Å². The summed E-state index contributed by atoms with van der Waals surface area (Å²) < 4.78 is 13.1. The van der Waals surface area contributed by atoms with Crippen LogP contribution in [0.25, 0.3) is 0 Å². The summed E-state index contributed by atoms with van der Waals surface area (Å²) in [5.41, 5.74) is 1.54. The highest BCUT2D eigenvalue weighted by atomic mass is 19.1. The van der Waals surface area contributed by atoms with Crippen LogP contribution in [-0.2, 0) is 6.54 Å². The average Bonchev–Trinajstić information content (AvgIpc) is 2.39. The van der Waals surface area contributed by atoms with Gasteiger partial charge in [0.15, 0.2) is 0 Å². The summed E-state index contributed by atoms with van der Waals surface area (Å²) in [7, 11) is 1.82. The Hall–Kier alpha value is -2.43. The first-order valence-electron chi connectivity index (χ1n) is 5.71. The molecule has 0 aliphatic rings. The number of hydrogen-bond donors (Lipinski definition) is 1.